The number of benzene rings is 2. The minimum Gasteiger partial charge on any atom is -0.288 e. The van der Waals surface area contributed by atoms with Crippen LogP contribution in [0.4, 0.5) is 8.78 Å². The summed E-state index contributed by atoms with van der Waals surface area (Å²) in [4.78, 5) is 12.0. The van der Waals surface area contributed by atoms with Crippen LogP contribution in [0.25, 0.3) is 0 Å². The van der Waals surface area contributed by atoms with Crippen LogP contribution in [0, 0.1) is 11.6 Å². The summed E-state index contributed by atoms with van der Waals surface area (Å²) in [6, 6.07) is 7.66. The van der Waals surface area contributed by atoms with Gasteiger partial charge in [0.2, 0.25) is 0 Å². The molecule has 0 radical (unpaired) electrons. The summed E-state index contributed by atoms with van der Waals surface area (Å²) in [6.07, 6.45) is 0. The normalized spacial score (nSPS) is 10.4. The van der Waals surface area contributed by atoms with Gasteiger partial charge in [-0.2, -0.15) is 0 Å². The maximum Gasteiger partial charge on any atom is 0.198 e. The fourth-order valence-electron chi connectivity index (χ4n) is 1.49. The average molecular weight is 332 g/mol. The largest absolute Gasteiger partial charge is 0.288 e. The van der Waals surface area contributed by atoms with Gasteiger partial charge >= 0.3 is 0 Å². The highest BCUT2D eigenvalue weighted by Crippen LogP contribution is 2.27. The Balaban J connectivity index is 2.53. The molecule has 18 heavy (non-hydrogen) atoms. The lowest BCUT2D eigenvalue weighted by Gasteiger charge is -2.05. The molecular weight excluding hydrogens is 325 g/mol. The van der Waals surface area contributed by atoms with Gasteiger partial charge in [0.1, 0.15) is 11.6 Å². The lowest BCUT2D eigenvalue weighted by atomic mass is 10.0. The van der Waals surface area contributed by atoms with Gasteiger partial charge in [0, 0.05) is 4.47 Å². The number of hydrogen-bond acceptors (Lipinski definition) is 1. The van der Waals surface area contributed by atoms with Crippen LogP contribution < -0.4 is 0 Å². The highest BCUT2D eigenvalue weighted by atomic mass is 79.9. The molecule has 0 aliphatic rings. The van der Waals surface area contributed by atoms with Crippen molar-refractivity contribution in [3.63, 3.8) is 0 Å². The van der Waals surface area contributed by atoms with E-state index in [0.717, 1.165) is 12.1 Å². The second kappa shape index (κ2) is 5.16. The summed E-state index contributed by atoms with van der Waals surface area (Å²) < 4.78 is 27.5. The molecule has 0 bridgehead atoms. The Morgan fingerprint density at radius 3 is 2.39 bits per heavy atom. The van der Waals surface area contributed by atoms with Crippen molar-refractivity contribution in [3.8, 4) is 0 Å². The third-order valence-corrected chi connectivity index (χ3v) is 3.57. The van der Waals surface area contributed by atoms with E-state index in [9.17, 15) is 13.6 Å². The summed E-state index contributed by atoms with van der Waals surface area (Å²) in [5, 5.41) is 0.191. The first-order valence-electron chi connectivity index (χ1n) is 4.94. The van der Waals surface area contributed by atoms with E-state index in [1.165, 1.54) is 24.3 Å². The van der Waals surface area contributed by atoms with E-state index in [1.807, 2.05) is 0 Å². The molecule has 0 atom stereocenters. The molecule has 1 nitrogen and oxygen atoms in total. The van der Waals surface area contributed by atoms with Crippen LogP contribution >= 0.6 is 27.5 Å². The van der Waals surface area contributed by atoms with Crippen molar-refractivity contribution in [1.29, 1.82) is 0 Å². The molecule has 0 saturated heterocycles. The molecule has 0 heterocycles. The Bertz CT molecular complexity index is 628. The zero-order chi connectivity index (χ0) is 13.3. The molecule has 5 heteroatoms. The van der Waals surface area contributed by atoms with Crippen molar-refractivity contribution in [3.05, 3.63) is 68.7 Å². The van der Waals surface area contributed by atoms with Crippen LogP contribution in [-0.4, -0.2) is 5.78 Å². The van der Waals surface area contributed by atoms with Crippen LogP contribution in [0.5, 0.6) is 0 Å². The van der Waals surface area contributed by atoms with Gasteiger partial charge in [0.15, 0.2) is 5.78 Å². The highest BCUT2D eigenvalue weighted by Gasteiger charge is 2.18. The van der Waals surface area contributed by atoms with E-state index in [-0.39, 0.29) is 16.1 Å². The molecule has 2 aromatic rings. The molecule has 0 aliphatic heterocycles. The van der Waals surface area contributed by atoms with Gasteiger partial charge in [-0.3, -0.25) is 4.79 Å². The van der Waals surface area contributed by atoms with Crippen molar-refractivity contribution in [2.45, 2.75) is 0 Å². The number of carbonyl (C=O) groups excluding carboxylic acids is 1. The van der Waals surface area contributed by atoms with Crippen molar-refractivity contribution in [2.24, 2.45) is 0 Å². The third-order valence-electron chi connectivity index (χ3n) is 2.37. The third kappa shape index (κ3) is 2.44. The predicted molar refractivity (Wildman–Crippen MR) is 68.9 cm³/mol. The second-order valence-corrected chi connectivity index (χ2v) is 4.82. The Kier molecular flexibility index (Phi) is 3.78. The summed E-state index contributed by atoms with van der Waals surface area (Å²) >= 11 is 8.84. The molecule has 2 aromatic carbocycles. The molecular formula is C13H6BrClF2O. The van der Waals surface area contributed by atoms with Crippen LogP contribution in [-0.2, 0) is 0 Å². The minimum absolute atomic E-state index is 0.185. The summed E-state index contributed by atoms with van der Waals surface area (Å²) in [5.74, 6) is -2.18. The number of rotatable bonds is 2. The monoisotopic (exact) mass is 330 g/mol. The SMILES string of the molecule is O=C(c1ccccc1F)c1cc(Cl)c(Br)cc1F. The maximum absolute atomic E-state index is 13.7. The molecule has 0 amide bonds. The number of halogens is 4. The summed E-state index contributed by atoms with van der Waals surface area (Å²) in [5.41, 5.74) is -0.442. The van der Waals surface area contributed by atoms with E-state index < -0.39 is 17.4 Å². The molecule has 0 unspecified atom stereocenters. The van der Waals surface area contributed by atoms with E-state index in [0.29, 0.717) is 4.47 Å². The molecule has 0 aliphatic carbocycles. The first-order valence-corrected chi connectivity index (χ1v) is 6.11. The fourth-order valence-corrected chi connectivity index (χ4v) is 1.97. The highest BCUT2D eigenvalue weighted by molar-refractivity contribution is 9.10. The first-order chi connectivity index (χ1) is 8.50. The predicted octanol–water partition coefficient (Wildman–Crippen LogP) is 4.61. The molecule has 0 N–H and O–H groups in total. The van der Waals surface area contributed by atoms with Crippen LogP contribution in [0.1, 0.15) is 15.9 Å². The Hall–Kier alpha value is -1.26. The maximum atomic E-state index is 13.7. The van der Waals surface area contributed by atoms with E-state index in [1.54, 1.807) is 0 Å². The lowest BCUT2D eigenvalue weighted by molar-refractivity contribution is 0.103. The van der Waals surface area contributed by atoms with Crippen LogP contribution in [0.2, 0.25) is 5.02 Å². The molecule has 2 rings (SSSR count). The number of carbonyl (C=O) groups is 1. The van der Waals surface area contributed by atoms with Crippen molar-refractivity contribution < 1.29 is 13.6 Å². The van der Waals surface area contributed by atoms with Gasteiger partial charge in [-0.1, -0.05) is 23.7 Å². The number of ketones is 1. The topological polar surface area (TPSA) is 17.1 Å². The van der Waals surface area contributed by atoms with E-state index in [4.69, 9.17) is 11.6 Å². The zero-order valence-electron chi connectivity index (χ0n) is 8.88. The molecule has 0 fully saturated rings. The van der Waals surface area contributed by atoms with Gasteiger partial charge < -0.3 is 0 Å². The summed E-state index contributed by atoms with van der Waals surface area (Å²) in [7, 11) is 0. The molecule has 0 spiro atoms. The molecule has 92 valence electrons. The van der Waals surface area contributed by atoms with Crippen molar-refractivity contribution in [2.75, 3.05) is 0 Å². The first kappa shape index (κ1) is 13.2. The zero-order valence-corrected chi connectivity index (χ0v) is 11.2. The van der Waals surface area contributed by atoms with Crippen molar-refractivity contribution in [1.82, 2.24) is 0 Å². The van der Waals surface area contributed by atoms with E-state index >= 15 is 0 Å². The fraction of sp³-hybridized carbons (Fsp3) is 0. The molecule has 0 aromatic heterocycles. The smallest absolute Gasteiger partial charge is 0.198 e. The summed E-state index contributed by atoms with van der Waals surface area (Å²) in [6.45, 7) is 0. The Morgan fingerprint density at radius 1 is 1.06 bits per heavy atom. The Labute approximate surface area is 116 Å². The van der Waals surface area contributed by atoms with Crippen molar-refractivity contribution >= 4 is 33.3 Å². The van der Waals surface area contributed by atoms with Gasteiger partial charge in [-0.15, -0.1) is 0 Å². The lowest BCUT2D eigenvalue weighted by Crippen LogP contribution is -2.06. The quantitative estimate of drug-likeness (QED) is 0.580. The van der Waals surface area contributed by atoms with Gasteiger partial charge in [-0.05, 0) is 40.2 Å². The second-order valence-electron chi connectivity index (χ2n) is 3.56. The van der Waals surface area contributed by atoms with Gasteiger partial charge in [0.05, 0.1) is 16.1 Å². The molecule has 0 saturated carbocycles. The standard InChI is InChI=1S/C13H6BrClF2O/c14-9-6-12(17)8(5-10(9)15)13(18)7-3-1-2-4-11(7)16/h1-6H. The average Bonchev–Trinajstić information content (AvgIpc) is 2.33. The Morgan fingerprint density at radius 2 is 1.72 bits per heavy atom. The van der Waals surface area contributed by atoms with Crippen LogP contribution in [0.3, 0.4) is 0 Å². The minimum atomic E-state index is -0.750. The van der Waals surface area contributed by atoms with E-state index in [2.05, 4.69) is 15.9 Å². The van der Waals surface area contributed by atoms with Gasteiger partial charge in [0.25, 0.3) is 0 Å². The van der Waals surface area contributed by atoms with Crippen LogP contribution in [0.15, 0.2) is 40.9 Å². The van der Waals surface area contributed by atoms with Gasteiger partial charge in [-0.25, -0.2) is 8.78 Å². The number of hydrogen-bond donors (Lipinski definition) is 0.